The van der Waals surface area contributed by atoms with E-state index < -0.39 is 0 Å². The van der Waals surface area contributed by atoms with Crippen molar-refractivity contribution in [2.24, 2.45) is 0 Å². The molecule has 0 saturated carbocycles. The molecule has 33 heavy (non-hydrogen) atoms. The Kier molecular flexibility index (Phi) is 8.13. The van der Waals surface area contributed by atoms with Gasteiger partial charge in [0.1, 0.15) is 0 Å². The molecule has 2 amide bonds. The quantitative estimate of drug-likeness (QED) is 0.647. The number of piperidine rings is 1. The summed E-state index contributed by atoms with van der Waals surface area (Å²) in [4.78, 5) is 29.0. The Hall–Kier alpha value is -2.70. The number of benzene rings is 2. The van der Waals surface area contributed by atoms with Gasteiger partial charge in [-0.25, -0.2) is 0 Å². The first-order valence-electron chi connectivity index (χ1n) is 12.3. The fraction of sp³-hybridized carbons (Fsp3) is 0.481. The highest BCUT2D eigenvalue weighted by Crippen LogP contribution is 2.20. The summed E-state index contributed by atoms with van der Waals surface area (Å²) in [5, 5.41) is 6.54. The van der Waals surface area contributed by atoms with Crippen LogP contribution in [0.3, 0.4) is 0 Å². The molecule has 0 bridgehead atoms. The second-order valence-electron chi connectivity index (χ2n) is 9.33. The third-order valence-corrected chi connectivity index (χ3v) is 6.70. The van der Waals surface area contributed by atoms with E-state index in [9.17, 15) is 9.59 Å². The predicted octanol–water partition coefficient (Wildman–Crippen LogP) is 3.68. The molecule has 2 aromatic rings. The Morgan fingerprint density at radius 2 is 1.67 bits per heavy atom. The van der Waals surface area contributed by atoms with Crippen LogP contribution in [0, 0.1) is 0 Å². The highest BCUT2D eigenvalue weighted by Gasteiger charge is 2.22. The molecule has 6 heteroatoms. The summed E-state index contributed by atoms with van der Waals surface area (Å²) in [6.07, 6.45) is 5.48. The number of nitrogens with one attached hydrogen (secondary N) is 2. The summed E-state index contributed by atoms with van der Waals surface area (Å²) in [6, 6.07) is 16.9. The van der Waals surface area contributed by atoms with Gasteiger partial charge in [-0.1, -0.05) is 30.3 Å². The number of amides is 2. The van der Waals surface area contributed by atoms with Gasteiger partial charge < -0.3 is 20.4 Å². The highest BCUT2D eigenvalue weighted by molar-refractivity contribution is 5.97. The van der Waals surface area contributed by atoms with Crippen LogP contribution < -0.4 is 10.6 Å². The maximum absolute atomic E-state index is 12.9. The average Bonchev–Trinajstić information content (AvgIpc) is 3.37. The van der Waals surface area contributed by atoms with Gasteiger partial charge in [-0.2, -0.15) is 0 Å². The number of anilines is 1. The SMILES string of the molecule is CC(=O)Nc1cc(CNC2CCN(CCc3ccccc3)CC2)cc(C(=O)N2CCCC2)c1. The minimum Gasteiger partial charge on any atom is -0.339 e. The Labute approximate surface area is 197 Å². The third kappa shape index (κ3) is 6.89. The zero-order valence-corrected chi connectivity index (χ0v) is 19.7. The van der Waals surface area contributed by atoms with Crippen molar-refractivity contribution in [1.82, 2.24) is 15.1 Å². The summed E-state index contributed by atoms with van der Waals surface area (Å²) in [5.74, 6) is -0.0600. The topological polar surface area (TPSA) is 64.7 Å². The van der Waals surface area contributed by atoms with E-state index in [1.165, 1.54) is 12.5 Å². The molecule has 0 spiro atoms. The Bertz CT molecular complexity index is 932. The molecule has 0 radical (unpaired) electrons. The standard InChI is InChI=1S/C27H36N4O2/c1-21(32)29-26-18-23(17-24(19-26)27(33)31-12-5-6-13-31)20-28-25-10-15-30(16-11-25)14-9-22-7-3-2-4-8-22/h2-4,7-8,17-19,25,28H,5-6,9-16,20H2,1H3,(H,29,32). The third-order valence-electron chi connectivity index (χ3n) is 6.70. The van der Waals surface area contributed by atoms with Crippen LogP contribution in [-0.2, 0) is 17.8 Å². The van der Waals surface area contributed by atoms with E-state index in [4.69, 9.17) is 0 Å². The smallest absolute Gasteiger partial charge is 0.253 e. The number of nitrogens with zero attached hydrogens (tertiary/aromatic N) is 2. The molecule has 4 rings (SSSR count). The lowest BCUT2D eigenvalue weighted by atomic mass is 10.0. The van der Waals surface area contributed by atoms with Crippen LogP contribution in [0.2, 0.25) is 0 Å². The van der Waals surface area contributed by atoms with Crippen molar-refractivity contribution in [2.75, 3.05) is 38.0 Å². The van der Waals surface area contributed by atoms with Crippen LogP contribution in [0.5, 0.6) is 0 Å². The van der Waals surface area contributed by atoms with Crippen molar-refractivity contribution in [2.45, 2.75) is 51.6 Å². The van der Waals surface area contributed by atoms with Crippen LogP contribution in [0.1, 0.15) is 54.1 Å². The fourth-order valence-corrected chi connectivity index (χ4v) is 4.85. The first-order valence-corrected chi connectivity index (χ1v) is 12.3. The molecule has 2 saturated heterocycles. The van der Waals surface area contributed by atoms with E-state index in [1.807, 2.05) is 17.0 Å². The van der Waals surface area contributed by atoms with Gasteiger partial charge in [-0.05, 0) is 74.5 Å². The molecular weight excluding hydrogens is 412 g/mol. The molecule has 2 fully saturated rings. The lowest BCUT2D eigenvalue weighted by Crippen LogP contribution is -2.42. The second-order valence-corrected chi connectivity index (χ2v) is 9.33. The van der Waals surface area contributed by atoms with Gasteiger partial charge in [0.25, 0.3) is 5.91 Å². The van der Waals surface area contributed by atoms with Crippen molar-refractivity contribution in [3.63, 3.8) is 0 Å². The number of hydrogen-bond acceptors (Lipinski definition) is 4. The summed E-state index contributed by atoms with van der Waals surface area (Å²) in [6.45, 7) is 7.15. The minimum absolute atomic E-state index is 0.0627. The van der Waals surface area contributed by atoms with Gasteiger partial charge in [0.2, 0.25) is 5.91 Å². The van der Waals surface area contributed by atoms with Crippen molar-refractivity contribution in [3.8, 4) is 0 Å². The van der Waals surface area contributed by atoms with Crippen molar-refractivity contribution in [3.05, 3.63) is 65.2 Å². The van der Waals surface area contributed by atoms with Gasteiger partial charge >= 0.3 is 0 Å². The summed E-state index contributed by atoms with van der Waals surface area (Å²) in [7, 11) is 0. The lowest BCUT2D eigenvalue weighted by molar-refractivity contribution is -0.114. The van der Waals surface area contributed by atoms with Gasteiger partial charge in [0.05, 0.1) is 0 Å². The first kappa shape index (κ1) is 23.5. The second kappa shape index (κ2) is 11.4. The van der Waals surface area contributed by atoms with E-state index >= 15 is 0 Å². The van der Waals surface area contributed by atoms with Gasteiger partial charge in [0, 0.05) is 50.4 Å². The normalized spacial score (nSPS) is 17.3. The zero-order valence-electron chi connectivity index (χ0n) is 19.7. The van der Waals surface area contributed by atoms with Crippen LogP contribution in [0.15, 0.2) is 48.5 Å². The molecule has 0 atom stereocenters. The minimum atomic E-state index is -0.123. The van der Waals surface area contributed by atoms with Crippen LogP contribution >= 0.6 is 0 Å². The summed E-state index contributed by atoms with van der Waals surface area (Å²) >= 11 is 0. The molecule has 176 valence electrons. The maximum Gasteiger partial charge on any atom is 0.253 e. The van der Waals surface area contributed by atoms with Crippen LogP contribution in [0.25, 0.3) is 0 Å². The van der Waals surface area contributed by atoms with E-state index in [2.05, 4.69) is 45.9 Å². The van der Waals surface area contributed by atoms with Crippen molar-refractivity contribution < 1.29 is 9.59 Å². The molecule has 2 aliphatic heterocycles. The van der Waals surface area contributed by atoms with E-state index in [1.54, 1.807) is 6.07 Å². The molecule has 2 heterocycles. The number of hydrogen-bond donors (Lipinski definition) is 2. The first-order chi connectivity index (χ1) is 16.1. The predicted molar refractivity (Wildman–Crippen MR) is 132 cm³/mol. The Morgan fingerprint density at radius 1 is 0.939 bits per heavy atom. The lowest BCUT2D eigenvalue weighted by Gasteiger charge is -2.32. The average molecular weight is 449 g/mol. The molecule has 0 aromatic heterocycles. The van der Waals surface area contributed by atoms with Crippen LogP contribution in [-0.4, -0.2) is 60.4 Å². The maximum atomic E-state index is 12.9. The molecule has 0 unspecified atom stereocenters. The molecule has 2 aromatic carbocycles. The Morgan fingerprint density at radius 3 is 2.36 bits per heavy atom. The zero-order chi connectivity index (χ0) is 23.0. The van der Waals surface area contributed by atoms with Crippen LogP contribution in [0.4, 0.5) is 5.69 Å². The van der Waals surface area contributed by atoms with E-state index in [0.717, 1.165) is 70.4 Å². The van der Waals surface area contributed by atoms with Gasteiger partial charge in [0.15, 0.2) is 0 Å². The molecule has 2 N–H and O–H groups in total. The van der Waals surface area contributed by atoms with Gasteiger partial charge in [-0.3, -0.25) is 9.59 Å². The molecule has 6 nitrogen and oxygen atoms in total. The fourth-order valence-electron chi connectivity index (χ4n) is 4.85. The number of carbonyl (C=O) groups excluding carboxylic acids is 2. The van der Waals surface area contributed by atoms with E-state index in [-0.39, 0.29) is 11.8 Å². The van der Waals surface area contributed by atoms with Crippen molar-refractivity contribution >= 4 is 17.5 Å². The van der Waals surface area contributed by atoms with Gasteiger partial charge in [-0.15, -0.1) is 0 Å². The van der Waals surface area contributed by atoms with E-state index in [0.29, 0.717) is 23.8 Å². The number of carbonyl (C=O) groups is 2. The number of likely N-dealkylation sites (tertiary alicyclic amines) is 2. The monoisotopic (exact) mass is 448 g/mol. The number of rotatable bonds is 8. The largest absolute Gasteiger partial charge is 0.339 e. The highest BCUT2D eigenvalue weighted by atomic mass is 16.2. The summed E-state index contributed by atoms with van der Waals surface area (Å²) in [5.41, 5.74) is 3.79. The molecule has 2 aliphatic rings. The molecular formula is C27H36N4O2. The molecule has 0 aliphatic carbocycles. The summed E-state index contributed by atoms with van der Waals surface area (Å²) < 4.78 is 0. The van der Waals surface area contributed by atoms with Crippen molar-refractivity contribution in [1.29, 1.82) is 0 Å². The Balaban J connectivity index is 1.30.